The Hall–Kier alpha value is -2.08. The maximum atomic E-state index is 11.0. The zero-order valence-electron chi connectivity index (χ0n) is 10.9. The molecule has 1 heterocycles. The Balaban J connectivity index is 0.000000203. The van der Waals surface area contributed by atoms with Crippen LogP contribution in [0.15, 0.2) is 29.1 Å². The van der Waals surface area contributed by atoms with E-state index in [4.69, 9.17) is 0 Å². The fraction of sp³-hybridized carbons (Fsp3) is 0.333. The molecule has 0 saturated carbocycles. The number of carbonyl (C=O) groups is 1. The summed E-state index contributed by atoms with van der Waals surface area (Å²) in [6, 6.07) is 7.61. The number of nitrogens with one attached hydrogen (secondary N) is 1. The number of para-hydroxylation sites is 2. The van der Waals surface area contributed by atoms with Crippen molar-refractivity contribution in [1.82, 2.24) is 14.6 Å². The van der Waals surface area contributed by atoms with Crippen molar-refractivity contribution in [2.24, 2.45) is 7.05 Å². The van der Waals surface area contributed by atoms with Crippen LogP contribution in [-0.2, 0) is 16.7 Å². The van der Waals surface area contributed by atoms with Gasteiger partial charge in [-0.15, -0.1) is 0 Å². The first kappa shape index (κ1) is 14.0. The van der Waals surface area contributed by atoms with Crippen LogP contribution in [0.5, 0.6) is 0 Å². The molecule has 1 amide bonds. The molecule has 0 aliphatic carbocycles. The van der Waals surface area contributed by atoms with Gasteiger partial charge in [0.15, 0.2) is 0 Å². The van der Waals surface area contributed by atoms with E-state index in [1.165, 1.54) is 14.0 Å². The first-order chi connectivity index (χ1) is 8.47. The first-order valence-corrected chi connectivity index (χ1v) is 5.39. The number of aromatic amines is 1. The molecule has 0 spiro atoms. The number of carbonyl (C=O) groups excluding carboxylic acids is 1. The fourth-order valence-corrected chi connectivity index (χ4v) is 1.31. The summed E-state index contributed by atoms with van der Waals surface area (Å²) in [6.45, 7) is 1.43. The van der Waals surface area contributed by atoms with E-state index in [9.17, 15) is 9.59 Å². The summed E-state index contributed by atoms with van der Waals surface area (Å²) in [5, 5.41) is 1.15. The Bertz CT molecular complexity index is 586. The van der Waals surface area contributed by atoms with Gasteiger partial charge in [0.05, 0.1) is 18.1 Å². The summed E-state index contributed by atoms with van der Waals surface area (Å²) in [6.07, 6.45) is 0. The number of hydrogen-bond acceptors (Lipinski definition) is 3. The van der Waals surface area contributed by atoms with Gasteiger partial charge < -0.3 is 4.98 Å². The average molecular weight is 251 g/mol. The Morgan fingerprint density at radius 1 is 1.39 bits per heavy atom. The second-order valence-electron chi connectivity index (χ2n) is 3.71. The lowest BCUT2D eigenvalue weighted by molar-refractivity contribution is -0.165. The van der Waals surface area contributed by atoms with E-state index in [2.05, 4.69) is 9.82 Å². The number of aryl methyl sites for hydroxylation is 1. The van der Waals surface area contributed by atoms with Gasteiger partial charge in [0.2, 0.25) is 5.91 Å². The normalized spacial score (nSPS) is 9.78. The molecule has 0 radical (unpaired) electrons. The first-order valence-electron chi connectivity index (χ1n) is 5.39. The Labute approximate surface area is 105 Å². The van der Waals surface area contributed by atoms with Crippen LogP contribution in [0.2, 0.25) is 0 Å². The van der Waals surface area contributed by atoms with E-state index in [1.54, 1.807) is 18.7 Å². The molecule has 0 aliphatic rings. The molecule has 2 aromatic rings. The number of benzene rings is 1. The third-order valence-electron chi connectivity index (χ3n) is 2.53. The van der Waals surface area contributed by atoms with E-state index in [0.29, 0.717) is 0 Å². The van der Waals surface area contributed by atoms with Crippen molar-refractivity contribution in [1.29, 1.82) is 0 Å². The van der Waals surface area contributed by atoms with Crippen molar-refractivity contribution in [3.8, 4) is 0 Å². The third-order valence-corrected chi connectivity index (χ3v) is 2.53. The van der Waals surface area contributed by atoms with Crippen LogP contribution >= 0.6 is 0 Å². The smallest absolute Gasteiger partial charge is 0.306 e. The van der Waals surface area contributed by atoms with Crippen molar-refractivity contribution in [2.75, 3.05) is 14.2 Å². The molecule has 0 bridgehead atoms. The lowest BCUT2D eigenvalue weighted by Gasteiger charge is -2.08. The molecule has 0 aliphatic heterocycles. The van der Waals surface area contributed by atoms with Crippen molar-refractivity contribution in [2.45, 2.75) is 6.92 Å². The van der Waals surface area contributed by atoms with Crippen LogP contribution in [-0.4, -0.2) is 34.7 Å². The van der Waals surface area contributed by atoms with Crippen LogP contribution in [0.3, 0.4) is 0 Å². The number of fused-ring (bicyclic) bond motifs is 1. The monoisotopic (exact) mass is 251 g/mol. The van der Waals surface area contributed by atoms with Gasteiger partial charge in [-0.05, 0) is 12.1 Å². The highest BCUT2D eigenvalue weighted by atomic mass is 16.7. The summed E-state index contributed by atoms with van der Waals surface area (Å²) < 4.78 is 1.59. The van der Waals surface area contributed by atoms with Gasteiger partial charge in [0.1, 0.15) is 0 Å². The van der Waals surface area contributed by atoms with Crippen molar-refractivity contribution >= 4 is 16.9 Å². The predicted octanol–water partition coefficient (Wildman–Crippen LogP) is 0.893. The van der Waals surface area contributed by atoms with Crippen LogP contribution in [0.25, 0.3) is 11.0 Å². The summed E-state index contributed by atoms with van der Waals surface area (Å²) in [4.78, 5) is 28.5. The maximum absolute atomic E-state index is 11.0. The van der Waals surface area contributed by atoms with E-state index in [0.717, 1.165) is 16.1 Å². The summed E-state index contributed by atoms with van der Waals surface area (Å²) >= 11 is 0. The second kappa shape index (κ2) is 6.02. The van der Waals surface area contributed by atoms with Gasteiger partial charge in [0, 0.05) is 21.0 Å². The van der Waals surface area contributed by atoms with Crippen molar-refractivity contribution in [3.63, 3.8) is 0 Å². The van der Waals surface area contributed by atoms with E-state index >= 15 is 0 Å². The number of rotatable bonds is 1. The molecule has 0 unspecified atom stereocenters. The molecule has 1 aromatic heterocycles. The number of H-pyrrole nitrogens is 1. The molecule has 0 atom stereocenters. The van der Waals surface area contributed by atoms with Gasteiger partial charge in [-0.1, -0.05) is 12.1 Å². The Morgan fingerprint density at radius 2 is 2.00 bits per heavy atom. The number of hydrogen-bond donors (Lipinski definition) is 1. The largest absolute Gasteiger partial charge is 0.326 e. The quantitative estimate of drug-likeness (QED) is 0.765. The predicted molar refractivity (Wildman–Crippen MR) is 69.0 cm³/mol. The van der Waals surface area contributed by atoms with Gasteiger partial charge in [-0.3, -0.25) is 14.2 Å². The summed E-state index contributed by atoms with van der Waals surface area (Å²) in [5.41, 5.74) is 1.77. The highest BCUT2D eigenvalue weighted by Crippen LogP contribution is 2.06. The third kappa shape index (κ3) is 3.21. The molecule has 1 N–H and O–H groups in total. The van der Waals surface area contributed by atoms with Crippen LogP contribution in [0, 0.1) is 0 Å². The molecule has 6 heteroatoms. The van der Waals surface area contributed by atoms with Crippen molar-refractivity contribution in [3.05, 3.63) is 34.7 Å². The second-order valence-corrected chi connectivity index (χ2v) is 3.71. The molecule has 2 rings (SSSR count). The van der Waals surface area contributed by atoms with E-state index in [-0.39, 0.29) is 11.6 Å². The topological polar surface area (TPSA) is 67.3 Å². The van der Waals surface area contributed by atoms with Crippen LogP contribution in [0.1, 0.15) is 6.92 Å². The lowest BCUT2D eigenvalue weighted by atomic mass is 10.3. The SMILES string of the molecule is CON(C)C(C)=O.Cn1c(=O)[nH]c2ccccc21. The number of nitrogens with zero attached hydrogens (tertiary/aromatic N) is 2. The van der Waals surface area contributed by atoms with Gasteiger partial charge >= 0.3 is 5.69 Å². The fourth-order valence-electron chi connectivity index (χ4n) is 1.31. The molecule has 0 saturated heterocycles. The summed E-state index contributed by atoms with van der Waals surface area (Å²) in [5.74, 6) is -0.0949. The zero-order chi connectivity index (χ0) is 13.7. The number of aromatic nitrogens is 2. The van der Waals surface area contributed by atoms with E-state index in [1.807, 2.05) is 24.3 Å². The van der Waals surface area contributed by atoms with Gasteiger partial charge in [-0.25, -0.2) is 9.86 Å². The van der Waals surface area contributed by atoms with Gasteiger partial charge in [-0.2, -0.15) is 0 Å². The molecule has 6 nitrogen and oxygen atoms in total. The molecular weight excluding hydrogens is 234 g/mol. The number of hydroxylamine groups is 2. The zero-order valence-corrected chi connectivity index (χ0v) is 10.9. The van der Waals surface area contributed by atoms with E-state index < -0.39 is 0 Å². The minimum absolute atomic E-state index is 0.0637. The molecule has 98 valence electrons. The number of amides is 1. The lowest BCUT2D eigenvalue weighted by Crippen LogP contribution is -2.21. The van der Waals surface area contributed by atoms with Gasteiger partial charge in [0.25, 0.3) is 0 Å². The molecule has 0 fully saturated rings. The Morgan fingerprint density at radius 3 is 2.44 bits per heavy atom. The minimum atomic E-state index is -0.0949. The highest BCUT2D eigenvalue weighted by Gasteiger charge is 1.98. The van der Waals surface area contributed by atoms with Crippen LogP contribution < -0.4 is 5.69 Å². The van der Waals surface area contributed by atoms with Crippen LogP contribution in [0.4, 0.5) is 0 Å². The number of imidazole rings is 1. The highest BCUT2D eigenvalue weighted by molar-refractivity contribution is 5.74. The molecule has 18 heavy (non-hydrogen) atoms. The Kier molecular flexibility index (Phi) is 4.67. The average Bonchev–Trinajstić information content (AvgIpc) is 2.65. The molecule has 1 aromatic carbocycles. The van der Waals surface area contributed by atoms with Crippen molar-refractivity contribution < 1.29 is 9.63 Å². The standard InChI is InChI=1S/C8H8N2O.C4H9NO2/c1-10-7-5-3-2-4-6(7)9-8(10)11;1-4(6)5(2)7-3/h2-5H,1H3,(H,9,11);1-3H3. The maximum Gasteiger partial charge on any atom is 0.326 e. The minimum Gasteiger partial charge on any atom is -0.306 e. The summed E-state index contributed by atoms with van der Waals surface area (Å²) in [7, 11) is 4.75. The molecular formula is C12H17N3O3.